The van der Waals surface area contributed by atoms with Gasteiger partial charge in [-0.2, -0.15) is 15.8 Å². The normalized spacial score (nSPS) is 11.2. The van der Waals surface area contributed by atoms with Crippen LogP contribution in [0.2, 0.25) is 0 Å². The van der Waals surface area contributed by atoms with Crippen LogP contribution in [0, 0.1) is 93.0 Å². The molecule has 0 rings (SSSR count). The van der Waals surface area contributed by atoms with Crippen molar-refractivity contribution < 1.29 is 136 Å². The van der Waals surface area contributed by atoms with Crippen LogP contribution >= 0.6 is 0 Å². The molecule has 0 aliphatic rings. The molecular weight excluding hydrogens is 978 g/mol. The van der Waals surface area contributed by atoms with Crippen molar-refractivity contribution in [3.8, 4) is 31.0 Å². The standard InChI is InChI=1S/C5H9NO3S.2C5H11NO2.2C5H9NO.2C5H10O3.C4H5N.C2H2.CH4O.K.HNS.H2O/c1-4(3-8-2)5(7)9-6-10;2*1-4(3-8-2)5(6)7;2*1-5(3-6)4-7-2;2*1-4(3-8-2)5(6)7;1-2-3-4-5;2*1-2;;1-2;/h4H,3H2,1-2H3;2*4H,3H2,1-2H3,(H2,6,7);2*5H,4H2,1-2H3;2*4H,3H2,1-2H3,(H,6,7);2H,1,3H2;1-2H;2H,1H3;;1H;1H2/q;;;;;;;;;;+1;;/p-1/i;;;;;;;;1D;;;;. The maximum absolute atomic E-state index is 10.7. The van der Waals surface area contributed by atoms with E-state index in [9.17, 15) is 24.0 Å². The Bertz CT molecular complexity index is 1240. The minimum Gasteiger partial charge on any atom is -0.870 e. The molecular formula is C42H82KN7O17S2. The summed E-state index contributed by atoms with van der Waals surface area (Å²) in [5.41, 5.74) is 9.81. The van der Waals surface area contributed by atoms with Gasteiger partial charge < -0.3 is 70.3 Å². The van der Waals surface area contributed by atoms with Crippen LogP contribution in [0.1, 0.15) is 56.3 Å². The number of nitrogens with zero attached hydrogens (tertiary/aromatic N) is 4. The molecule has 0 aromatic rings. The molecule has 7 atom stereocenters. The number of terminal acetylenes is 1. The number of ether oxygens (including phenoxy) is 7. The molecule has 0 radical (unpaired) electrons. The SMILES string of the molecule is C=CCC#N.CO.COCC(C)C#N.COCC(C)C#N.COCC(C)C(=O)O.COCC(C)C(=O)O.COCC(C)C(=O)ON=S.COCC(C)C(N)=O.COCC(C)C(N)=O.N=S.[2H]C#C.[K+].[OH-]. The van der Waals surface area contributed by atoms with Gasteiger partial charge in [0, 0.05) is 69.3 Å². The molecule has 9 N–H and O–H groups in total. The Morgan fingerprint density at radius 1 is 0.652 bits per heavy atom. The van der Waals surface area contributed by atoms with E-state index in [0.29, 0.717) is 39.5 Å². The summed E-state index contributed by atoms with van der Waals surface area (Å²) in [5.74, 6) is -4.07. The summed E-state index contributed by atoms with van der Waals surface area (Å²) >= 11 is 7.41. The Balaban J connectivity index is -0.0000000473. The second kappa shape index (κ2) is 90.8. The first-order valence-electron chi connectivity index (χ1n) is 19.7. The molecule has 0 fully saturated rings. The minimum absolute atomic E-state index is 0. The Morgan fingerprint density at radius 2 is 0.884 bits per heavy atom. The third-order valence-corrected chi connectivity index (χ3v) is 6.01. The quantitative estimate of drug-likeness (QED) is 0.0390. The Morgan fingerprint density at radius 3 is 0.986 bits per heavy atom. The molecule has 0 aromatic heterocycles. The van der Waals surface area contributed by atoms with Crippen LogP contribution in [0.25, 0.3) is 0 Å². The van der Waals surface area contributed by atoms with Crippen molar-refractivity contribution in [1.29, 1.82) is 20.6 Å². The maximum Gasteiger partial charge on any atom is 1.00 e. The van der Waals surface area contributed by atoms with E-state index in [0.717, 1.165) is 7.11 Å². The Labute approximate surface area is 466 Å². The monoisotopic (exact) mass is 1060 g/mol. The topological polar surface area (TPSA) is 409 Å². The van der Waals surface area contributed by atoms with Crippen LogP contribution in [0.5, 0.6) is 0 Å². The van der Waals surface area contributed by atoms with Crippen LogP contribution in [0.4, 0.5) is 0 Å². The van der Waals surface area contributed by atoms with E-state index >= 15 is 0 Å². The average molecular weight is 1060 g/mol. The van der Waals surface area contributed by atoms with E-state index in [1.54, 1.807) is 69.1 Å². The first-order valence-corrected chi connectivity index (χ1v) is 20.0. The Kier molecular flexibility index (Phi) is 125. The molecule has 0 spiro atoms. The summed E-state index contributed by atoms with van der Waals surface area (Å²) in [5, 5.41) is 47.5. The van der Waals surface area contributed by atoms with E-state index in [4.69, 9.17) is 53.5 Å². The van der Waals surface area contributed by atoms with E-state index in [-0.39, 0.29) is 123 Å². The number of aliphatic hydroxyl groups is 1. The zero-order valence-corrected chi connectivity index (χ0v) is 48.2. The summed E-state index contributed by atoms with van der Waals surface area (Å²) in [6.07, 6.45) is 7.79. The molecule has 0 saturated heterocycles. The van der Waals surface area contributed by atoms with Crippen molar-refractivity contribution in [2.24, 2.45) is 57.4 Å². The van der Waals surface area contributed by atoms with Gasteiger partial charge in [0.25, 0.3) is 0 Å². The number of nitrogens with one attached hydrogen (secondary N) is 1. The van der Waals surface area contributed by atoms with Gasteiger partial charge in [0.2, 0.25) is 11.8 Å². The molecule has 0 aliphatic heterocycles. The number of allylic oxidation sites excluding steroid dienone is 1. The molecule has 0 bridgehead atoms. The number of hydrogen-bond donors (Lipinski definition) is 6. The van der Waals surface area contributed by atoms with Crippen LogP contribution < -0.4 is 62.9 Å². The zero-order valence-electron chi connectivity index (χ0n) is 44.4. The Hall–Kier alpha value is -3.56. The van der Waals surface area contributed by atoms with Crippen molar-refractivity contribution >= 4 is 54.6 Å². The van der Waals surface area contributed by atoms with Gasteiger partial charge in [-0.3, -0.25) is 19.2 Å². The molecule has 400 valence electrons. The van der Waals surface area contributed by atoms with Crippen molar-refractivity contribution in [3.05, 3.63) is 12.7 Å². The number of methoxy groups -OCH3 is 7. The number of carboxylic acid groups (broad SMARTS) is 2. The van der Waals surface area contributed by atoms with E-state index < -0.39 is 17.9 Å². The smallest absolute Gasteiger partial charge is 0.870 e. The first-order chi connectivity index (χ1) is 31.9. The van der Waals surface area contributed by atoms with Gasteiger partial charge in [-0.1, -0.05) is 19.9 Å². The fourth-order valence-electron chi connectivity index (χ4n) is 2.39. The van der Waals surface area contributed by atoms with Crippen molar-refractivity contribution in [3.63, 3.8) is 0 Å². The largest absolute Gasteiger partial charge is 1.00 e. The fourth-order valence-corrected chi connectivity index (χ4v) is 2.46. The summed E-state index contributed by atoms with van der Waals surface area (Å²) in [6.45, 7) is 18.1. The summed E-state index contributed by atoms with van der Waals surface area (Å²) in [6, 6.07) is 5.98. The number of nitrogens with two attached hydrogens (primary N) is 2. The number of carboxylic acids is 2. The molecule has 24 nitrogen and oxygen atoms in total. The van der Waals surface area contributed by atoms with Crippen LogP contribution in [0.3, 0.4) is 0 Å². The van der Waals surface area contributed by atoms with Crippen LogP contribution in [-0.2, 0) is 86.8 Å². The first kappa shape index (κ1) is 95.1. The third kappa shape index (κ3) is 116. The molecule has 0 aromatic carbocycles. The molecule has 0 heterocycles. The average Bonchev–Trinajstić information content (AvgIpc) is 3.30. The number of amides is 2. The molecule has 27 heteroatoms. The number of primary amides is 2. The van der Waals surface area contributed by atoms with Gasteiger partial charge in [0.1, 0.15) is 1.37 Å². The van der Waals surface area contributed by atoms with Gasteiger partial charge in [0.15, 0.2) is 0 Å². The molecule has 7 unspecified atom stereocenters. The third-order valence-electron chi connectivity index (χ3n) is 5.94. The van der Waals surface area contributed by atoms with Gasteiger partial charge in [-0.05, 0) is 39.1 Å². The molecule has 69 heavy (non-hydrogen) atoms. The zero-order chi connectivity index (χ0) is 56.5. The van der Waals surface area contributed by atoms with Crippen LogP contribution in [-0.4, -0.2) is 154 Å². The van der Waals surface area contributed by atoms with Gasteiger partial charge in [-0.15, -0.1) is 19.4 Å². The minimum atomic E-state index is -0.813. The number of hydrogen-bond acceptors (Lipinski definition) is 22. The molecule has 0 aliphatic carbocycles. The number of aliphatic hydroxyl groups excluding tert-OH is 1. The van der Waals surface area contributed by atoms with E-state index in [1.165, 1.54) is 27.7 Å². The predicted octanol–water partition coefficient (Wildman–Crippen LogP) is 0.325. The number of nitriles is 3. The van der Waals surface area contributed by atoms with Gasteiger partial charge in [-0.25, -0.2) is 9.57 Å². The molecule has 2 amide bonds. The number of carbonyl (C=O) groups is 5. The maximum atomic E-state index is 10.7. The molecule has 0 saturated carbocycles. The summed E-state index contributed by atoms with van der Waals surface area (Å²) in [4.78, 5) is 55.3. The number of rotatable bonds is 21. The van der Waals surface area contributed by atoms with E-state index in [2.05, 4.69) is 75.6 Å². The van der Waals surface area contributed by atoms with E-state index in [1.807, 2.05) is 32.1 Å². The van der Waals surface area contributed by atoms with Gasteiger partial charge in [0.05, 0.1) is 125 Å². The number of aliphatic carboxylic acids is 2. The second-order valence-electron chi connectivity index (χ2n) is 12.4. The summed E-state index contributed by atoms with van der Waals surface area (Å²) < 4.78 is 46.4. The van der Waals surface area contributed by atoms with Crippen molar-refractivity contribution in [2.45, 2.75) is 54.9 Å². The summed E-state index contributed by atoms with van der Waals surface area (Å²) in [7, 11) is 11.7. The van der Waals surface area contributed by atoms with Crippen molar-refractivity contribution in [1.82, 2.24) is 0 Å². The van der Waals surface area contributed by atoms with Crippen LogP contribution in [0.15, 0.2) is 17.2 Å². The second-order valence-corrected chi connectivity index (χ2v) is 12.5. The van der Waals surface area contributed by atoms with Gasteiger partial charge >= 0.3 is 69.3 Å². The predicted molar refractivity (Wildman–Crippen MR) is 259 cm³/mol. The van der Waals surface area contributed by atoms with Crippen molar-refractivity contribution in [2.75, 3.05) is 103 Å². The fraction of sp³-hybridized carbons (Fsp3) is 0.714. The number of carbonyl (C=O) groups excluding carboxylic acids is 3.